The summed E-state index contributed by atoms with van der Waals surface area (Å²) in [7, 11) is 0. The SMILES string of the molecule is CC(F)(COc1ccc(C(F)(F)F)cc1NC(=O)c1ccccc1O)C(F)F. The van der Waals surface area contributed by atoms with E-state index in [1.54, 1.807) is 0 Å². The number of benzene rings is 2. The highest BCUT2D eigenvalue weighted by molar-refractivity contribution is 6.06. The Labute approximate surface area is 155 Å². The maximum Gasteiger partial charge on any atom is 0.416 e. The van der Waals surface area contributed by atoms with Gasteiger partial charge in [-0.25, -0.2) is 13.2 Å². The third-order valence-electron chi connectivity index (χ3n) is 3.67. The number of para-hydroxylation sites is 1. The number of nitrogens with one attached hydrogen (secondary N) is 1. The zero-order chi connectivity index (χ0) is 21.1. The lowest BCUT2D eigenvalue weighted by Gasteiger charge is -2.21. The van der Waals surface area contributed by atoms with Crippen molar-refractivity contribution in [2.45, 2.75) is 25.2 Å². The molecule has 1 amide bonds. The van der Waals surface area contributed by atoms with E-state index in [1.807, 2.05) is 0 Å². The third kappa shape index (κ3) is 5.08. The molecule has 0 saturated heterocycles. The van der Waals surface area contributed by atoms with Crippen molar-refractivity contribution in [1.82, 2.24) is 0 Å². The highest BCUT2D eigenvalue weighted by atomic mass is 19.4. The summed E-state index contributed by atoms with van der Waals surface area (Å²) in [5, 5.41) is 11.8. The van der Waals surface area contributed by atoms with E-state index in [9.17, 15) is 36.2 Å². The number of halogens is 6. The zero-order valence-corrected chi connectivity index (χ0v) is 14.4. The van der Waals surface area contributed by atoms with E-state index in [0.717, 1.165) is 6.07 Å². The average molecular weight is 407 g/mol. The first-order valence-corrected chi connectivity index (χ1v) is 7.82. The van der Waals surface area contributed by atoms with Gasteiger partial charge in [-0.3, -0.25) is 4.79 Å². The smallest absolute Gasteiger partial charge is 0.416 e. The Morgan fingerprint density at radius 1 is 1.14 bits per heavy atom. The first-order valence-electron chi connectivity index (χ1n) is 7.82. The molecule has 0 radical (unpaired) electrons. The van der Waals surface area contributed by atoms with Gasteiger partial charge in [0.05, 0.1) is 16.8 Å². The number of aromatic hydroxyl groups is 1. The molecule has 0 aliphatic heterocycles. The number of rotatable bonds is 6. The van der Waals surface area contributed by atoms with Gasteiger partial charge in [0.2, 0.25) is 5.67 Å². The van der Waals surface area contributed by atoms with Gasteiger partial charge in [-0.05, 0) is 37.3 Å². The molecule has 4 nitrogen and oxygen atoms in total. The van der Waals surface area contributed by atoms with Crippen LogP contribution in [0.15, 0.2) is 42.5 Å². The quantitative estimate of drug-likeness (QED) is 0.660. The molecule has 0 bridgehead atoms. The molecule has 2 rings (SSSR count). The van der Waals surface area contributed by atoms with E-state index in [-0.39, 0.29) is 5.56 Å². The number of phenolic OH excluding ortho intramolecular Hbond substituents is 1. The third-order valence-corrected chi connectivity index (χ3v) is 3.67. The minimum absolute atomic E-state index is 0.242. The molecule has 2 aromatic carbocycles. The fraction of sp³-hybridized carbons (Fsp3) is 0.278. The Morgan fingerprint density at radius 2 is 1.79 bits per heavy atom. The number of carbonyl (C=O) groups is 1. The second kappa shape index (κ2) is 7.99. The second-order valence-electron chi connectivity index (χ2n) is 6.05. The molecular formula is C18H15F6NO3. The standard InChI is InChI=1S/C18H15F6NO3/c1-17(21,16(19)20)9-28-14-7-6-10(18(22,23)24)8-12(14)25-15(27)11-4-2-3-5-13(11)26/h2-8,16,26H,9H2,1H3,(H,25,27). The maximum absolute atomic E-state index is 13.7. The number of hydrogen-bond acceptors (Lipinski definition) is 3. The van der Waals surface area contributed by atoms with E-state index < -0.39 is 53.5 Å². The van der Waals surface area contributed by atoms with Crippen LogP contribution < -0.4 is 10.1 Å². The summed E-state index contributed by atoms with van der Waals surface area (Å²) in [5.74, 6) is -1.84. The summed E-state index contributed by atoms with van der Waals surface area (Å²) in [6.07, 6.45) is -8.15. The van der Waals surface area contributed by atoms with Crippen LogP contribution in [0.2, 0.25) is 0 Å². The predicted molar refractivity (Wildman–Crippen MR) is 88.5 cm³/mol. The largest absolute Gasteiger partial charge is 0.507 e. The Morgan fingerprint density at radius 3 is 2.36 bits per heavy atom. The van der Waals surface area contributed by atoms with Crippen LogP contribution in [-0.2, 0) is 6.18 Å². The number of anilines is 1. The number of hydrogen-bond donors (Lipinski definition) is 2. The lowest BCUT2D eigenvalue weighted by Crippen LogP contribution is -2.35. The van der Waals surface area contributed by atoms with Gasteiger partial charge in [-0.1, -0.05) is 12.1 Å². The van der Waals surface area contributed by atoms with E-state index in [0.29, 0.717) is 19.1 Å². The van der Waals surface area contributed by atoms with Gasteiger partial charge in [-0.15, -0.1) is 0 Å². The van der Waals surface area contributed by atoms with Gasteiger partial charge in [-0.2, -0.15) is 13.2 Å². The maximum atomic E-state index is 13.7. The number of phenols is 1. The van der Waals surface area contributed by atoms with Crippen LogP contribution in [0.3, 0.4) is 0 Å². The topological polar surface area (TPSA) is 58.6 Å². The summed E-state index contributed by atoms with van der Waals surface area (Å²) in [4.78, 5) is 12.3. The van der Waals surface area contributed by atoms with Crippen molar-refractivity contribution in [3.63, 3.8) is 0 Å². The monoisotopic (exact) mass is 407 g/mol. The van der Waals surface area contributed by atoms with Crippen LogP contribution in [0.4, 0.5) is 32.0 Å². The van der Waals surface area contributed by atoms with E-state index in [4.69, 9.17) is 4.74 Å². The molecule has 0 aromatic heterocycles. The summed E-state index contributed by atoms with van der Waals surface area (Å²) in [6.45, 7) is -0.586. The highest BCUT2D eigenvalue weighted by Crippen LogP contribution is 2.36. The molecule has 1 atom stereocenters. The average Bonchev–Trinajstić information content (AvgIpc) is 2.60. The molecule has 0 heterocycles. The van der Waals surface area contributed by atoms with Crippen LogP contribution in [0.25, 0.3) is 0 Å². The molecule has 2 aromatic rings. The highest BCUT2D eigenvalue weighted by Gasteiger charge is 2.37. The number of ether oxygens (including phenoxy) is 1. The Kier molecular flexibility index (Phi) is 6.10. The van der Waals surface area contributed by atoms with Gasteiger partial charge in [0, 0.05) is 0 Å². The second-order valence-corrected chi connectivity index (χ2v) is 6.05. The summed E-state index contributed by atoms with van der Waals surface area (Å²) < 4.78 is 82.7. The van der Waals surface area contributed by atoms with Crippen molar-refractivity contribution in [2.75, 3.05) is 11.9 Å². The van der Waals surface area contributed by atoms with E-state index >= 15 is 0 Å². The molecule has 0 aliphatic rings. The Bertz CT molecular complexity index is 851. The van der Waals surface area contributed by atoms with E-state index in [1.165, 1.54) is 24.3 Å². The minimum Gasteiger partial charge on any atom is -0.507 e. The number of alkyl halides is 6. The lowest BCUT2D eigenvalue weighted by molar-refractivity contribution is -0.137. The van der Waals surface area contributed by atoms with Crippen molar-refractivity contribution >= 4 is 11.6 Å². The summed E-state index contributed by atoms with van der Waals surface area (Å²) in [6, 6.07) is 7.15. The lowest BCUT2D eigenvalue weighted by atomic mass is 10.1. The molecule has 2 N–H and O–H groups in total. The van der Waals surface area contributed by atoms with Crippen molar-refractivity contribution in [3.8, 4) is 11.5 Å². The van der Waals surface area contributed by atoms with E-state index in [2.05, 4.69) is 5.32 Å². The van der Waals surface area contributed by atoms with Gasteiger partial charge >= 0.3 is 6.18 Å². The van der Waals surface area contributed by atoms with Crippen LogP contribution in [0, 0.1) is 0 Å². The molecule has 10 heteroatoms. The van der Waals surface area contributed by atoms with Gasteiger partial charge in [0.25, 0.3) is 12.3 Å². The van der Waals surface area contributed by atoms with Gasteiger partial charge in [0.15, 0.2) is 0 Å². The van der Waals surface area contributed by atoms with Crippen LogP contribution in [0.1, 0.15) is 22.8 Å². The number of amides is 1. The molecule has 0 fully saturated rings. The van der Waals surface area contributed by atoms with Gasteiger partial charge < -0.3 is 15.2 Å². The van der Waals surface area contributed by atoms with Crippen molar-refractivity contribution < 1.29 is 41.0 Å². The first-order chi connectivity index (χ1) is 12.9. The fourth-order valence-electron chi connectivity index (χ4n) is 2.07. The molecule has 28 heavy (non-hydrogen) atoms. The van der Waals surface area contributed by atoms with Crippen molar-refractivity contribution in [1.29, 1.82) is 0 Å². The van der Waals surface area contributed by atoms with Crippen LogP contribution >= 0.6 is 0 Å². The molecule has 152 valence electrons. The van der Waals surface area contributed by atoms with Crippen LogP contribution in [-0.4, -0.2) is 29.7 Å². The minimum atomic E-state index is -4.76. The summed E-state index contributed by atoms with van der Waals surface area (Å²) >= 11 is 0. The van der Waals surface area contributed by atoms with Crippen molar-refractivity contribution in [2.24, 2.45) is 0 Å². The fourth-order valence-corrected chi connectivity index (χ4v) is 2.07. The van der Waals surface area contributed by atoms with Gasteiger partial charge in [0.1, 0.15) is 18.1 Å². The molecule has 1 unspecified atom stereocenters. The van der Waals surface area contributed by atoms with Crippen LogP contribution in [0.5, 0.6) is 11.5 Å². The molecule has 0 spiro atoms. The zero-order valence-electron chi connectivity index (χ0n) is 14.4. The first kappa shape index (κ1) is 21.4. The summed E-state index contributed by atoms with van der Waals surface area (Å²) in [5.41, 5.74) is -4.96. The molecule has 0 aliphatic carbocycles. The Hall–Kier alpha value is -2.91. The Balaban J connectivity index is 2.35. The predicted octanol–water partition coefficient (Wildman–Crippen LogP) is 5.04. The van der Waals surface area contributed by atoms with Crippen molar-refractivity contribution in [3.05, 3.63) is 53.6 Å². The number of carbonyl (C=O) groups excluding carboxylic acids is 1. The normalized spacial score (nSPS) is 13.9. The molecule has 0 saturated carbocycles. The molecular weight excluding hydrogens is 392 g/mol.